The van der Waals surface area contributed by atoms with E-state index >= 15 is 0 Å². The predicted octanol–water partition coefficient (Wildman–Crippen LogP) is 2.53. The van der Waals surface area contributed by atoms with Gasteiger partial charge in [0, 0.05) is 16.1 Å². The fourth-order valence-electron chi connectivity index (χ4n) is 1.93. The highest BCUT2D eigenvalue weighted by atomic mass is 32.1. The van der Waals surface area contributed by atoms with Gasteiger partial charge >= 0.3 is 0 Å². The Balaban J connectivity index is 2.05. The number of pyridine rings is 1. The maximum Gasteiger partial charge on any atom is 0.251 e. The van der Waals surface area contributed by atoms with Gasteiger partial charge in [-0.15, -0.1) is 11.3 Å². The minimum atomic E-state index is -0.118. The first-order chi connectivity index (χ1) is 9.10. The van der Waals surface area contributed by atoms with Crippen molar-refractivity contribution < 1.29 is 4.79 Å². The Morgan fingerprint density at radius 1 is 1.47 bits per heavy atom. The van der Waals surface area contributed by atoms with Crippen molar-refractivity contribution in [2.75, 3.05) is 5.73 Å². The van der Waals surface area contributed by atoms with E-state index in [1.165, 1.54) is 10.4 Å². The first-order valence-electron chi connectivity index (χ1n) is 6.17. The number of nitrogens with zero attached hydrogens (tertiary/aromatic N) is 1. The maximum atomic E-state index is 12.1. The Kier molecular flexibility index (Phi) is 4.16. The van der Waals surface area contributed by atoms with Gasteiger partial charge in [-0.1, -0.05) is 6.92 Å². The third kappa shape index (κ3) is 3.32. The number of nitrogen functional groups attached to an aromatic ring is 1. The van der Waals surface area contributed by atoms with Crippen LogP contribution in [0.3, 0.4) is 0 Å². The third-order valence-corrected chi connectivity index (χ3v) is 3.83. The molecule has 0 fully saturated rings. The largest absolute Gasteiger partial charge is 0.384 e. The third-order valence-electron chi connectivity index (χ3n) is 2.86. The minimum Gasteiger partial charge on any atom is -0.384 e. The van der Waals surface area contributed by atoms with Crippen LogP contribution in [-0.4, -0.2) is 10.9 Å². The van der Waals surface area contributed by atoms with E-state index in [1.54, 1.807) is 23.5 Å². The highest BCUT2D eigenvalue weighted by Crippen LogP contribution is 2.17. The molecule has 0 aliphatic carbocycles. The Labute approximate surface area is 116 Å². The molecule has 4 nitrogen and oxygen atoms in total. The zero-order chi connectivity index (χ0) is 13.8. The molecule has 19 heavy (non-hydrogen) atoms. The summed E-state index contributed by atoms with van der Waals surface area (Å²) in [6.07, 6.45) is 0.982. The zero-order valence-corrected chi connectivity index (χ0v) is 11.9. The number of nitrogens with two attached hydrogens (primary N) is 1. The Hall–Kier alpha value is -1.88. The molecule has 2 aromatic rings. The molecule has 100 valence electrons. The van der Waals surface area contributed by atoms with Crippen LogP contribution in [0.25, 0.3) is 0 Å². The molecule has 5 heteroatoms. The van der Waals surface area contributed by atoms with E-state index in [9.17, 15) is 4.79 Å². The summed E-state index contributed by atoms with van der Waals surface area (Å²) in [5.74, 6) is 0.253. The molecule has 3 N–H and O–H groups in total. The van der Waals surface area contributed by atoms with Crippen molar-refractivity contribution in [2.45, 2.75) is 26.8 Å². The quantitative estimate of drug-likeness (QED) is 0.901. The lowest BCUT2D eigenvalue weighted by Gasteiger charge is -2.07. The molecule has 0 radical (unpaired) electrons. The fourth-order valence-corrected chi connectivity index (χ4v) is 2.84. The fraction of sp³-hybridized carbons (Fsp3) is 0.286. The van der Waals surface area contributed by atoms with Crippen LogP contribution in [0, 0.1) is 6.92 Å². The van der Waals surface area contributed by atoms with Crippen molar-refractivity contribution >= 4 is 23.1 Å². The SMILES string of the molecule is CCc1ccsc1CNC(=O)c1cc(C)nc(N)c1. The molecule has 0 unspecified atom stereocenters. The monoisotopic (exact) mass is 275 g/mol. The molecule has 0 saturated heterocycles. The van der Waals surface area contributed by atoms with Crippen molar-refractivity contribution in [1.82, 2.24) is 10.3 Å². The van der Waals surface area contributed by atoms with Gasteiger partial charge in [-0.25, -0.2) is 4.98 Å². The Morgan fingerprint density at radius 3 is 2.95 bits per heavy atom. The van der Waals surface area contributed by atoms with Gasteiger partial charge in [0.1, 0.15) is 5.82 Å². The second-order valence-corrected chi connectivity index (χ2v) is 5.33. The number of aromatic nitrogens is 1. The zero-order valence-electron chi connectivity index (χ0n) is 11.1. The lowest BCUT2D eigenvalue weighted by Crippen LogP contribution is -2.23. The van der Waals surface area contributed by atoms with E-state index in [0.717, 1.165) is 12.1 Å². The van der Waals surface area contributed by atoms with Crippen LogP contribution in [0.15, 0.2) is 23.6 Å². The molecule has 2 aromatic heterocycles. The second kappa shape index (κ2) is 5.84. The van der Waals surface area contributed by atoms with Crippen LogP contribution in [-0.2, 0) is 13.0 Å². The number of thiophene rings is 1. The van der Waals surface area contributed by atoms with Gasteiger partial charge < -0.3 is 11.1 Å². The van der Waals surface area contributed by atoms with Gasteiger partial charge in [0.25, 0.3) is 5.91 Å². The number of carbonyl (C=O) groups is 1. The molecule has 1 amide bonds. The molecular formula is C14H17N3OS. The first kappa shape index (κ1) is 13.5. The summed E-state index contributed by atoms with van der Waals surface area (Å²) >= 11 is 1.67. The lowest BCUT2D eigenvalue weighted by molar-refractivity contribution is 0.0951. The summed E-state index contributed by atoms with van der Waals surface area (Å²) in [4.78, 5) is 17.3. The molecule has 0 aliphatic rings. The molecule has 2 heterocycles. The van der Waals surface area contributed by atoms with Crippen LogP contribution in [0.2, 0.25) is 0 Å². The number of aryl methyl sites for hydroxylation is 2. The lowest BCUT2D eigenvalue weighted by atomic mass is 10.2. The average Bonchev–Trinajstić information content (AvgIpc) is 2.82. The normalized spacial score (nSPS) is 10.4. The summed E-state index contributed by atoms with van der Waals surface area (Å²) in [5, 5.41) is 4.97. The molecular weight excluding hydrogens is 258 g/mol. The average molecular weight is 275 g/mol. The minimum absolute atomic E-state index is 0.118. The van der Waals surface area contributed by atoms with Crippen molar-refractivity contribution in [3.63, 3.8) is 0 Å². The van der Waals surface area contributed by atoms with E-state index in [-0.39, 0.29) is 5.91 Å². The summed E-state index contributed by atoms with van der Waals surface area (Å²) in [6, 6.07) is 5.43. The number of amides is 1. The standard InChI is InChI=1S/C14H17N3OS/c1-3-10-4-5-19-12(10)8-16-14(18)11-6-9(2)17-13(15)7-11/h4-7H,3,8H2,1-2H3,(H2,15,17)(H,16,18). The predicted molar refractivity (Wildman–Crippen MR) is 78.3 cm³/mol. The summed E-state index contributed by atoms with van der Waals surface area (Å²) < 4.78 is 0. The topological polar surface area (TPSA) is 68.0 Å². The summed E-state index contributed by atoms with van der Waals surface area (Å²) in [7, 11) is 0. The van der Waals surface area contributed by atoms with E-state index in [4.69, 9.17) is 5.73 Å². The van der Waals surface area contributed by atoms with Gasteiger partial charge in [-0.3, -0.25) is 4.79 Å². The Bertz CT molecular complexity index is 572. The Morgan fingerprint density at radius 2 is 2.26 bits per heavy atom. The molecule has 0 aromatic carbocycles. The van der Waals surface area contributed by atoms with E-state index in [1.807, 2.05) is 6.92 Å². The van der Waals surface area contributed by atoms with Crippen molar-refractivity contribution in [3.8, 4) is 0 Å². The number of hydrogen-bond donors (Lipinski definition) is 2. The molecule has 0 bridgehead atoms. The molecule has 0 atom stereocenters. The molecule has 0 aliphatic heterocycles. The van der Waals surface area contributed by atoms with Gasteiger partial charge in [0.15, 0.2) is 0 Å². The van der Waals surface area contributed by atoms with Crippen molar-refractivity contribution in [1.29, 1.82) is 0 Å². The van der Waals surface area contributed by atoms with Gasteiger partial charge in [0.2, 0.25) is 0 Å². The van der Waals surface area contributed by atoms with Crippen LogP contribution in [0.5, 0.6) is 0 Å². The van der Waals surface area contributed by atoms with E-state index in [0.29, 0.717) is 17.9 Å². The van der Waals surface area contributed by atoms with E-state index in [2.05, 4.69) is 28.7 Å². The highest BCUT2D eigenvalue weighted by molar-refractivity contribution is 7.10. The smallest absolute Gasteiger partial charge is 0.251 e. The maximum absolute atomic E-state index is 12.1. The van der Waals surface area contributed by atoms with Crippen LogP contribution >= 0.6 is 11.3 Å². The number of hydrogen-bond acceptors (Lipinski definition) is 4. The van der Waals surface area contributed by atoms with Gasteiger partial charge in [0.05, 0.1) is 6.54 Å². The molecule has 2 rings (SSSR count). The molecule has 0 saturated carbocycles. The summed E-state index contributed by atoms with van der Waals surface area (Å²) in [6.45, 7) is 4.49. The van der Waals surface area contributed by atoms with E-state index < -0.39 is 0 Å². The van der Waals surface area contributed by atoms with Crippen molar-refractivity contribution in [3.05, 3.63) is 45.3 Å². The van der Waals surface area contributed by atoms with Gasteiger partial charge in [-0.05, 0) is 42.5 Å². The molecule has 0 spiro atoms. The number of rotatable bonds is 4. The number of carbonyl (C=O) groups excluding carboxylic acids is 1. The van der Waals surface area contributed by atoms with Crippen molar-refractivity contribution in [2.24, 2.45) is 0 Å². The summed E-state index contributed by atoms with van der Waals surface area (Å²) in [5.41, 5.74) is 8.23. The van der Waals surface area contributed by atoms with Crippen LogP contribution in [0.1, 0.15) is 33.4 Å². The van der Waals surface area contributed by atoms with Crippen LogP contribution < -0.4 is 11.1 Å². The number of nitrogens with one attached hydrogen (secondary N) is 1. The van der Waals surface area contributed by atoms with Gasteiger partial charge in [-0.2, -0.15) is 0 Å². The number of anilines is 1. The second-order valence-electron chi connectivity index (χ2n) is 4.33. The first-order valence-corrected chi connectivity index (χ1v) is 7.05. The highest BCUT2D eigenvalue weighted by Gasteiger charge is 2.09. The van der Waals surface area contributed by atoms with Crippen LogP contribution in [0.4, 0.5) is 5.82 Å².